The summed E-state index contributed by atoms with van der Waals surface area (Å²) in [6, 6.07) is 2.00. The molecule has 4 rings (SSSR count). The number of thiophene rings is 2. The number of carbonyl (C=O) groups excluding carboxylic acids is 1. The quantitative estimate of drug-likeness (QED) is 0.683. The molecule has 4 heterocycles. The van der Waals surface area contributed by atoms with Crippen molar-refractivity contribution >= 4 is 38.8 Å². The molecule has 0 unspecified atom stereocenters. The van der Waals surface area contributed by atoms with E-state index in [1.165, 1.54) is 9.78 Å². The van der Waals surface area contributed by atoms with Gasteiger partial charge in [0.05, 0.1) is 37.1 Å². The number of aromatic amines is 1. The van der Waals surface area contributed by atoms with Gasteiger partial charge in [-0.1, -0.05) is 0 Å². The number of nitrogens with one attached hydrogen (secondary N) is 2. The number of hydrogen-bond acceptors (Lipinski definition) is 5. The van der Waals surface area contributed by atoms with Crippen molar-refractivity contribution in [3.05, 3.63) is 48.0 Å². The van der Waals surface area contributed by atoms with E-state index < -0.39 is 0 Å². The van der Waals surface area contributed by atoms with Crippen LogP contribution in [0.25, 0.3) is 10.2 Å². The molecule has 2 N–H and O–H groups in total. The predicted octanol–water partition coefficient (Wildman–Crippen LogP) is 1.82. The Kier molecular flexibility index (Phi) is 5.11. The fourth-order valence-electron chi connectivity index (χ4n) is 3.84. The fraction of sp³-hybridized carbons (Fsp3) is 0.450. The third-order valence-electron chi connectivity index (χ3n) is 5.53. The largest absolute Gasteiger partial charge is 0.327 e. The maximum Gasteiger partial charge on any atom is 0.260 e. The van der Waals surface area contributed by atoms with E-state index in [9.17, 15) is 9.59 Å². The molecule has 1 amide bonds. The van der Waals surface area contributed by atoms with Crippen LogP contribution in [0.4, 0.5) is 0 Å². The van der Waals surface area contributed by atoms with Crippen molar-refractivity contribution in [3.63, 3.8) is 0 Å². The number of amides is 1. The molecule has 6 nitrogen and oxygen atoms in total. The summed E-state index contributed by atoms with van der Waals surface area (Å²) >= 11 is 3.26. The van der Waals surface area contributed by atoms with E-state index in [1.807, 2.05) is 38.7 Å². The molecule has 0 atom stereocenters. The molecule has 8 heteroatoms. The molecule has 0 radical (unpaired) electrons. The number of aryl methyl sites for hydroxylation is 4. The first kappa shape index (κ1) is 19.3. The monoisotopic (exact) mass is 417 g/mol. The van der Waals surface area contributed by atoms with Crippen molar-refractivity contribution in [2.75, 3.05) is 26.2 Å². The molecule has 0 saturated carbocycles. The lowest BCUT2D eigenvalue weighted by Crippen LogP contribution is -3.13. The number of carbonyl (C=O) groups is 1. The predicted molar refractivity (Wildman–Crippen MR) is 114 cm³/mol. The van der Waals surface area contributed by atoms with Crippen LogP contribution in [0, 0.1) is 27.7 Å². The first-order valence-electron chi connectivity index (χ1n) is 9.52. The molecule has 148 valence electrons. The molecule has 0 spiro atoms. The van der Waals surface area contributed by atoms with Gasteiger partial charge in [-0.25, -0.2) is 4.98 Å². The summed E-state index contributed by atoms with van der Waals surface area (Å²) < 4.78 is 0. The SMILES string of the molecule is Cc1cc(C(=O)N2CC[NH+](Cc3nc4sc(C)c(C)c4c(=O)[nH]3)CC2)c(C)s1. The molecule has 1 aliphatic heterocycles. The number of hydrogen-bond donors (Lipinski definition) is 2. The molecule has 1 fully saturated rings. The van der Waals surface area contributed by atoms with Gasteiger partial charge in [-0.15, -0.1) is 22.7 Å². The van der Waals surface area contributed by atoms with E-state index in [-0.39, 0.29) is 11.5 Å². The Hall–Kier alpha value is -2.03. The van der Waals surface area contributed by atoms with Crippen molar-refractivity contribution < 1.29 is 9.69 Å². The Morgan fingerprint density at radius 2 is 1.89 bits per heavy atom. The maximum atomic E-state index is 12.8. The van der Waals surface area contributed by atoms with Crippen molar-refractivity contribution in [2.45, 2.75) is 34.2 Å². The summed E-state index contributed by atoms with van der Waals surface area (Å²) in [4.78, 5) is 40.4. The summed E-state index contributed by atoms with van der Waals surface area (Å²) in [5.41, 5.74) is 1.82. The first-order chi connectivity index (χ1) is 13.3. The van der Waals surface area contributed by atoms with Gasteiger partial charge >= 0.3 is 0 Å². The van der Waals surface area contributed by atoms with Gasteiger partial charge in [0.1, 0.15) is 11.4 Å². The van der Waals surface area contributed by atoms with E-state index in [0.717, 1.165) is 63.1 Å². The minimum atomic E-state index is -0.0432. The number of quaternary nitrogens is 1. The summed E-state index contributed by atoms with van der Waals surface area (Å²) in [6.45, 7) is 11.9. The van der Waals surface area contributed by atoms with E-state index in [2.05, 4.69) is 4.98 Å². The van der Waals surface area contributed by atoms with Gasteiger partial charge in [0.25, 0.3) is 11.5 Å². The molecule has 1 aliphatic rings. The van der Waals surface area contributed by atoms with Crippen molar-refractivity contribution in [3.8, 4) is 0 Å². The van der Waals surface area contributed by atoms with Crippen molar-refractivity contribution in [1.29, 1.82) is 0 Å². The van der Waals surface area contributed by atoms with Crippen LogP contribution in [0.3, 0.4) is 0 Å². The first-order valence-corrected chi connectivity index (χ1v) is 11.2. The Morgan fingerprint density at radius 3 is 2.54 bits per heavy atom. The number of H-pyrrole nitrogens is 1. The lowest BCUT2D eigenvalue weighted by Gasteiger charge is -2.32. The van der Waals surface area contributed by atoms with Crippen LogP contribution in [0.5, 0.6) is 0 Å². The Bertz CT molecular complexity index is 1100. The van der Waals surface area contributed by atoms with Gasteiger partial charge in [-0.2, -0.15) is 0 Å². The lowest BCUT2D eigenvalue weighted by molar-refractivity contribution is -0.918. The second-order valence-corrected chi connectivity index (χ2v) is 10.2. The minimum absolute atomic E-state index is 0.0432. The molecule has 3 aromatic rings. The van der Waals surface area contributed by atoms with Crippen LogP contribution in [0.15, 0.2) is 10.9 Å². The van der Waals surface area contributed by atoms with Crippen LogP contribution >= 0.6 is 22.7 Å². The molecule has 1 saturated heterocycles. The van der Waals surface area contributed by atoms with E-state index in [4.69, 9.17) is 4.98 Å². The number of piperazine rings is 1. The van der Waals surface area contributed by atoms with E-state index >= 15 is 0 Å². The van der Waals surface area contributed by atoms with Crippen LogP contribution < -0.4 is 10.5 Å². The van der Waals surface area contributed by atoms with Crippen LogP contribution in [0.1, 0.15) is 36.4 Å². The highest BCUT2D eigenvalue weighted by atomic mass is 32.1. The number of rotatable bonds is 3. The summed E-state index contributed by atoms with van der Waals surface area (Å²) in [5, 5.41) is 0.720. The highest BCUT2D eigenvalue weighted by Crippen LogP contribution is 2.25. The minimum Gasteiger partial charge on any atom is -0.327 e. The highest BCUT2D eigenvalue weighted by Gasteiger charge is 2.27. The third-order valence-corrected chi connectivity index (χ3v) is 7.60. The molecule has 0 aromatic carbocycles. The van der Waals surface area contributed by atoms with Crippen LogP contribution in [-0.2, 0) is 6.54 Å². The number of aromatic nitrogens is 2. The van der Waals surface area contributed by atoms with E-state index in [1.54, 1.807) is 22.7 Å². The van der Waals surface area contributed by atoms with Crippen LogP contribution in [0.2, 0.25) is 0 Å². The molecule has 3 aromatic heterocycles. The summed E-state index contributed by atoms with van der Waals surface area (Å²) in [6.07, 6.45) is 0. The summed E-state index contributed by atoms with van der Waals surface area (Å²) in [7, 11) is 0. The molecular weight excluding hydrogens is 392 g/mol. The van der Waals surface area contributed by atoms with Crippen molar-refractivity contribution in [2.24, 2.45) is 0 Å². The Balaban J connectivity index is 1.43. The fourth-order valence-corrected chi connectivity index (χ4v) is 5.80. The molecular formula is C20H25N4O2S2+. The van der Waals surface area contributed by atoms with Crippen LogP contribution in [-0.4, -0.2) is 47.0 Å². The second kappa shape index (κ2) is 7.42. The normalized spacial score (nSPS) is 15.5. The molecule has 28 heavy (non-hydrogen) atoms. The lowest BCUT2D eigenvalue weighted by atomic mass is 10.2. The Labute approximate surface area is 171 Å². The average molecular weight is 418 g/mol. The van der Waals surface area contributed by atoms with Gasteiger partial charge in [0.2, 0.25) is 0 Å². The number of fused-ring (bicyclic) bond motifs is 1. The Morgan fingerprint density at radius 1 is 1.18 bits per heavy atom. The second-order valence-electron chi connectivity index (χ2n) is 7.52. The smallest absolute Gasteiger partial charge is 0.260 e. The van der Waals surface area contributed by atoms with Gasteiger partial charge in [-0.05, 0) is 39.3 Å². The summed E-state index contributed by atoms with van der Waals surface area (Å²) in [5.74, 6) is 0.871. The zero-order valence-electron chi connectivity index (χ0n) is 16.6. The van der Waals surface area contributed by atoms with Gasteiger partial charge < -0.3 is 14.8 Å². The van der Waals surface area contributed by atoms with E-state index in [0.29, 0.717) is 6.54 Å². The third kappa shape index (κ3) is 3.52. The zero-order valence-corrected chi connectivity index (χ0v) is 18.3. The zero-order chi connectivity index (χ0) is 20.0. The number of nitrogens with zero attached hydrogens (tertiary/aromatic N) is 2. The molecule has 0 bridgehead atoms. The van der Waals surface area contributed by atoms with Gasteiger partial charge in [0, 0.05) is 14.6 Å². The van der Waals surface area contributed by atoms with Gasteiger partial charge in [0.15, 0.2) is 5.82 Å². The van der Waals surface area contributed by atoms with Gasteiger partial charge in [-0.3, -0.25) is 9.59 Å². The topological polar surface area (TPSA) is 70.5 Å². The maximum absolute atomic E-state index is 12.8. The average Bonchev–Trinajstić information content (AvgIpc) is 3.13. The molecule has 0 aliphatic carbocycles. The highest BCUT2D eigenvalue weighted by molar-refractivity contribution is 7.18. The van der Waals surface area contributed by atoms with Crippen molar-refractivity contribution in [1.82, 2.24) is 14.9 Å². The standard InChI is InChI=1S/C20H24N4O2S2/c1-11-9-15(14(4)27-11)20(26)24-7-5-23(6-8-24)10-16-21-18(25)17-12(2)13(3)28-19(17)22-16/h9H,5-8,10H2,1-4H3,(H,21,22,25)/p+1.